The van der Waals surface area contributed by atoms with Gasteiger partial charge in [0.1, 0.15) is 0 Å². The summed E-state index contributed by atoms with van der Waals surface area (Å²) in [5.74, 6) is 0. The highest BCUT2D eigenvalue weighted by molar-refractivity contribution is 5.24. The molecule has 2 heteroatoms. The van der Waals surface area contributed by atoms with Gasteiger partial charge in [-0.15, -0.1) is 0 Å². The van der Waals surface area contributed by atoms with Gasteiger partial charge >= 0.3 is 0 Å². The van der Waals surface area contributed by atoms with Gasteiger partial charge in [0, 0.05) is 5.69 Å². The molecule has 0 bridgehead atoms. The number of aryl methyl sites for hydroxylation is 1. The van der Waals surface area contributed by atoms with Crippen molar-refractivity contribution in [3.05, 3.63) is 41.2 Å². The van der Waals surface area contributed by atoms with Gasteiger partial charge in [0.05, 0.1) is 11.7 Å². The van der Waals surface area contributed by atoms with Crippen LogP contribution in [0.15, 0.2) is 29.8 Å². The second kappa shape index (κ2) is 7.44. The Morgan fingerprint density at radius 2 is 2.16 bits per heavy atom. The smallest absolute Gasteiger partial charge is 0.0711 e. The van der Waals surface area contributed by atoms with Crippen LogP contribution in [0, 0.1) is 6.92 Å². The van der Waals surface area contributed by atoms with Gasteiger partial charge in [-0.3, -0.25) is 4.98 Å². The summed E-state index contributed by atoms with van der Waals surface area (Å²) < 4.78 is 0. The average molecular weight is 258 g/mol. The minimum atomic E-state index is 0.318. The lowest BCUT2D eigenvalue weighted by Gasteiger charge is -2.21. The van der Waals surface area contributed by atoms with Crippen molar-refractivity contribution in [2.45, 2.75) is 58.4 Å². The number of hydrogen-bond donors (Lipinski definition) is 1. The molecule has 1 heterocycles. The Hall–Kier alpha value is -1.15. The van der Waals surface area contributed by atoms with Crippen LogP contribution in [0.1, 0.15) is 62.9 Å². The van der Waals surface area contributed by atoms with E-state index in [0.717, 1.165) is 18.7 Å². The summed E-state index contributed by atoms with van der Waals surface area (Å²) in [6.07, 6.45) is 10.1. The van der Waals surface area contributed by atoms with E-state index in [1.807, 2.05) is 0 Å². The van der Waals surface area contributed by atoms with Crippen LogP contribution in [0.5, 0.6) is 0 Å². The van der Waals surface area contributed by atoms with Crippen LogP contribution in [0.2, 0.25) is 0 Å². The molecule has 0 aromatic carbocycles. The molecule has 0 fully saturated rings. The van der Waals surface area contributed by atoms with Crippen LogP contribution in [-0.4, -0.2) is 11.5 Å². The standard InChI is InChI=1S/C17H26N2/c1-3-13-18-17(15-10-6-4-5-7-11-15)16-12-8-9-14(2)19-16/h8-10,12,17-18H,3-7,11,13H2,1-2H3. The molecule has 1 aliphatic carbocycles. The number of hydrogen-bond acceptors (Lipinski definition) is 2. The molecule has 19 heavy (non-hydrogen) atoms. The third kappa shape index (κ3) is 4.17. The van der Waals surface area contributed by atoms with E-state index in [2.05, 4.69) is 43.4 Å². The molecule has 0 saturated carbocycles. The fraction of sp³-hybridized carbons (Fsp3) is 0.588. The van der Waals surface area contributed by atoms with Crippen LogP contribution in [0.4, 0.5) is 0 Å². The Bertz CT molecular complexity index is 423. The van der Waals surface area contributed by atoms with Crippen molar-refractivity contribution in [3.63, 3.8) is 0 Å². The van der Waals surface area contributed by atoms with Crippen molar-refractivity contribution < 1.29 is 0 Å². The molecule has 0 radical (unpaired) electrons. The quantitative estimate of drug-likeness (QED) is 0.796. The van der Waals surface area contributed by atoms with Gasteiger partial charge in [-0.2, -0.15) is 0 Å². The highest BCUT2D eigenvalue weighted by Crippen LogP contribution is 2.28. The number of pyridine rings is 1. The zero-order valence-corrected chi connectivity index (χ0v) is 12.3. The van der Waals surface area contributed by atoms with Crippen molar-refractivity contribution in [3.8, 4) is 0 Å². The molecule has 1 aromatic rings. The Morgan fingerprint density at radius 3 is 2.95 bits per heavy atom. The summed E-state index contributed by atoms with van der Waals surface area (Å²) in [6.45, 7) is 5.34. The van der Waals surface area contributed by atoms with Crippen LogP contribution < -0.4 is 5.32 Å². The largest absolute Gasteiger partial charge is 0.305 e. The summed E-state index contributed by atoms with van der Waals surface area (Å²) >= 11 is 0. The van der Waals surface area contributed by atoms with Gasteiger partial charge in [0.15, 0.2) is 0 Å². The fourth-order valence-corrected chi connectivity index (χ4v) is 2.74. The zero-order valence-electron chi connectivity index (χ0n) is 12.3. The summed E-state index contributed by atoms with van der Waals surface area (Å²) in [5.41, 5.74) is 3.83. The maximum Gasteiger partial charge on any atom is 0.0711 e. The van der Waals surface area contributed by atoms with E-state index in [1.165, 1.54) is 37.8 Å². The molecule has 2 rings (SSSR count). The van der Waals surface area contributed by atoms with E-state index < -0.39 is 0 Å². The van der Waals surface area contributed by atoms with E-state index in [0.29, 0.717) is 6.04 Å². The molecule has 1 aliphatic rings. The van der Waals surface area contributed by atoms with Crippen molar-refractivity contribution in [1.82, 2.24) is 10.3 Å². The SMILES string of the molecule is CCCNC(C1=CCCCCC1)c1cccc(C)n1. The third-order valence-corrected chi connectivity index (χ3v) is 3.75. The van der Waals surface area contributed by atoms with E-state index >= 15 is 0 Å². The maximum atomic E-state index is 4.73. The normalized spacial score (nSPS) is 17.7. The Balaban J connectivity index is 2.21. The second-order valence-corrected chi connectivity index (χ2v) is 5.47. The Morgan fingerprint density at radius 1 is 1.26 bits per heavy atom. The highest BCUT2D eigenvalue weighted by atomic mass is 14.9. The Labute approximate surface area is 117 Å². The van der Waals surface area contributed by atoms with Gasteiger partial charge in [-0.25, -0.2) is 0 Å². The molecule has 0 saturated heterocycles. The molecule has 1 unspecified atom stereocenters. The molecule has 1 aromatic heterocycles. The molecule has 2 nitrogen and oxygen atoms in total. The van der Waals surface area contributed by atoms with Crippen LogP contribution >= 0.6 is 0 Å². The maximum absolute atomic E-state index is 4.73. The van der Waals surface area contributed by atoms with Crippen LogP contribution in [0.25, 0.3) is 0 Å². The van der Waals surface area contributed by atoms with Gasteiger partial charge < -0.3 is 5.32 Å². The minimum absolute atomic E-state index is 0.318. The van der Waals surface area contributed by atoms with Crippen molar-refractivity contribution in [2.75, 3.05) is 6.54 Å². The minimum Gasteiger partial charge on any atom is -0.305 e. The first kappa shape index (κ1) is 14.3. The summed E-state index contributed by atoms with van der Waals surface area (Å²) in [7, 11) is 0. The van der Waals surface area contributed by atoms with Gasteiger partial charge in [-0.1, -0.05) is 31.1 Å². The highest BCUT2D eigenvalue weighted by Gasteiger charge is 2.18. The lowest BCUT2D eigenvalue weighted by atomic mass is 9.98. The van der Waals surface area contributed by atoms with E-state index in [4.69, 9.17) is 4.98 Å². The molecule has 0 aliphatic heterocycles. The average Bonchev–Trinajstić information content (AvgIpc) is 2.68. The number of nitrogens with zero attached hydrogens (tertiary/aromatic N) is 1. The number of rotatable bonds is 5. The lowest BCUT2D eigenvalue weighted by molar-refractivity contribution is 0.555. The molecule has 0 amide bonds. The third-order valence-electron chi connectivity index (χ3n) is 3.75. The van der Waals surface area contributed by atoms with Crippen molar-refractivity contribution in [1.29, 1.82) is 0 Å². The molecular weight excluding hydrogens is 232 g/mol. The second-order valence-electron chi connectivity index (χ2n) is 5.47. The first-order chi connectivity index (χ1) is 9.31. The number of allylic oxidation sites excluding steroid dienone is 1. The monoisotopic (exact) mass is 258 g/mol. The van der Waals surface area contributed by atoms with Gasteiger partial charge in [0.2, 0.25) is 0 Å². The van der Waals surface area contributed by atoms with Crippen molar-refractivity contribution in [2.24, 2.45) is 0 Å². The van der Waals surface area contributed by atoms with E-state index in [9.17, 15) is 0 Å². The molecule has 1 atom stereocenters. The summed E-state index contributed by atoms with van der Waals surface area (Å²) in [6, 6.07) is 6.67. The van der Waals surface area contributed by atoms with Crippen LogP contribution in [-0.2, 0) is 0 Å². The topological polar surface area (TPSA) is 24.9 Å². The van der Waals surface area contributed by atoms with Crippen molar-refractivity contribution >= 4 is 0 Å². The number of aromatic nitrogens is 1. The summed E-state index contributed by atoms with van der Waals surface area (Å²) in [4.78, 5) is 4.73. The zero-order chi connectivity index (χ0) is 13.5. The molecule has 1 N–H and O–H groups in total. The first-order valence-electron chi connectivity index (χ1n) is 7.67. The predicted molar refractivity (Wildman–Crippen MR) is 81.2 cm³/mol. The number of nitrogens with one attached hydrogen (secondary N) is 1. The predicted octanol–water partition coefficient (Wildman–Crippen LogP) is 4.32. The molecular formula is C17H26N2. The van der Waals surface area contributed by atoms with Gasteiger partial charge in [0.25, 0.3) is 0 Å². The first-order valence-corrected chi connectivity index (χ1v) is 7.67. The lowest BCUT2D eigenvalue weighted by Crippen LogP contribution is -2.25. The molecule has 0 spiro atoms. The van der Waals surface area contributed by atoms with Gasteiger partial charge in [-0.05, 0) is 57.7 Å². The van der Waals surface area contributed by atoms with E-state index in [-0.39, 0.29) is 0 Å². The fourth-order valence-electron chi connectivity index (χ4n) is 2.74. The van der Waals surface area contributed by atoms with Crippen LogP contribution in [0.3, 0.4) is 0 Å². The Kier molecular flexibility index (Phi) is 5.59. The van der Waals surface area contributed by atoms with E-state index in [1.54, 1.807) is 5.57 Å². The summed E-state index contributed by atoms with van der Waals surface area (Å²) in [5, 5.41) is 3.68. The molecule has 104 valence electrons.